The monoisotopic (exact) mass is 386 g/mol. The van der Waals surface area contributed by atoms with Crippen molar-refractivity contribution < 1.29 is 13.5 Å². The predicted octanol–water partition coefficient (Wildman–Crippen LogP) is 4.58. The standard InChI is InChI=1S/C23H28F2N2O/c1-14-8-9-16-11-20(14)27-22(15-6-4-3-5-7-15)21(16)26-13-17-10-18(24)12-19(25)23(17)28-2/h3-7,10,12,14,16,20-22,26-27H,8-9,11,13H2,1-2H3. The Kier molecular flexibility index (Phi) is 5.65. The lowest BCUT2D eigenvalue weighted by Gasteiger charge is -2.49. The SMILES string of the molecule is COc1c(F)cc(F)cc1CNC1C2CCC(C)C(C2)NC1c1ccccc1. The third-order valence-corrected chi connectivity index (χ3v) is 6.47. The molecule has 4 rings (SSSR count). The first-order valence-corrected chi connectivity index (χ1v) is 10.1. The normalized spacial score (nSPS) is 29.5. The van der Waals surface area contributed by atoms with E-state index in [1.54, 1.807) is 0 Å². The average molecular weight is 386 g/mol. The lowest BCUT2D eigenvalue weighted by Crippen LogP contribution is -2.58. The fraction of sp³-hybridized carbons (Fsp3) is 0.478. The van der Waals surface area contributed by atoms with Gasteiger partial charge >= 0.3 is 0 Å². The number of rotatable bonds is 5. The highest BCUT2D eigenvalue weighted by molar-refractivity contribution is 5.35. The molecule has 1 saturated heterocycles. The fourth-order valence-corrected chi connectivity index (χ4v) is 4.97. The minimum atomic E-state index is -0.660. The van der Waals surface area contributed by atoms with Crippen LogP contribution >= 0.6 is 0 Å². The molecule has 2 aromatic rings. The van der Waals surface area contributed by atoms with Crippen molar-refractivity contribution in [3.63, 3.8) is 0 Å². The van der Waals surface area contributed by atoms with Gasteiger partial charge in [-0.25, -0.2) is 8.78 Å². The molecule has 2 bridgehead atoms. The maximum atomic E-state index is 14.1. The highest BCUT2D eigenvalue weighted by atomic mass is 19.1. The molecule has 2 N–H and O–H groups in total. The van der Waals surface area contributed by atoms with Crippen LogP contribution in [0.15, 0.2) is 42.5 Å². The van der Waals surface area contributed by atoms with E-state index in [-0.39, 0.29) is 17.8 Å². The van der Waals surface area contributed by atoms with E-state index in [0.717, 1.165) is 12.5 Å². The summed E-state index contributed by atoms with van der Waals surface area (Å²) in [5.74, 6) is 0.0808. The molecule has 5 heteroatoms. The lowest BCUT2D eigenvalue weighted by molar-refractivity contribution is 0.0931. The summed E-state index contributed by atoms with van der Waals surface area (Å²) < 4.78 is 33.0. The molecule has 2 aromatic carbocycles. The van der Waals surface area contributed by atoms with Crippen LogP contribution in [0.4, 0.5) is 8.78 Å². The van der Waals surface area contributed by atoms with Gasteiger partial charge in [-0.15, -0.1) is 0 Å². The molecule has 2 aliphatic rings. The highest BCUT2D eigenvalue weighted by Crippen LogP contribution is 2.41. The molecule has 0 amide bonds. The number of piperidine rings is 1. The molecular weight excluding hydrogens is 358 g/mol. The second-order valence-corrected chi connectivity index (χ2v) is 8.20. The Balaban J connectivity index is 1.59. The third-order valence-electron chi connectivity index (χ3n) is 6.47. The van der Waals surface area contributed by atoms with Crippen molar-refractivity contribution in [1.29, 1.82) is 0 Å². The van der Waals surface area contributed by atoms with E-state index >= 15 is 0 Å². The van der Waals surface area contributed by atoms with E-state index < -0.39 is 11.6 Å². The molecule has 1 aliphatic heterocycles. The first kappa shape index (κ1) is 19.3. The summed E-state index contributed by atoms with van der Waals surface area (Å²) in [5.41, 5.74) is 1.76. The number of fused-ring (bicyclic) bond motifs is 2. The molecule has 5 unspecified atom stereocenters. The minimum absolute atomic E-state index is 0.115. The van der Waals surface area contributed by atoms with Crippen molar-refractivity contribution in [3.8, 4) is 5.75 Å². The van der Waals surface area contributed by atoms with E-state index in [4.69, 9.17) is 4.74 Å². The van der Waals surface area contributed by atoms with E-state index in [2.05, 4.69) is 41.8 Å². The van der Waals surface area contributed by atoms with Crippen LogP contribution < -0.4 is 15.4 Å². The Morgan fingerprint density at radius 1 is 1.14 bits per heavy atom. The first-order valence-electron chi connectivity index (χ1n) is 10.1. The molecule has 5 atom stereocenters. The molecule has 1 heterocycles. The van der Waals surface area contributed by atoms with Crippen LogP contribution in [-0.4, -0.2) is 19.2 Å². The topological polar surface area (TPSA) is 33.3 Å². The molecule has 0 radical (unpaired) electrons. The first-order chi connectivity index (χ1) is 13.6. The summed E-state index contributed by atoms with van der Waals surface area (Å²) in [6, 6.07) is 13.6. The van der Waals surface area contributed by atoms with Crippen molar-refractivity contribution in [2.24, 2.45) is 11.8 Å². The van der Waals surface area contributed by atoms with Crippen molar-refractivity contribution in [1.82, 2.24) is 10.6 Å². The molecule has 150 valence electrons. The quantitative estimate of drug-likeness (QED) is 0.789. The molecule has 1 saturated carbocycles. The van der Waals surface area contributed by atoms with Crippen LogP contribution in [0.2, 0.25) is 0 Å². The molecule has 1 aliphatic carbocycles. The van der Waals surface area contributed by atoms with E-state index in [9.17, 15) is 8.78 Å². The van der Waals surface area contributed by atoms with Gasteiger partial charge in [0.2, 0.25) is 0 Å². The van der Waals surface area contributed by atoms with Gasteiger partial charge in [0, 0.05) is 36.3 Å². The van der Waals surface area contributed by atoms with Gasteiger partial charge in [0.05, 0.1) is 7.11 Å². The third kappa shape index (κ3) is 3.78. The second-order valence-electron chi connectivity index (χ2n) is 8.20. The Morgan fingerprint density at radius 3 is 2.68 bits per heavy atom. The molecular formula is C23H28F2N2O. The summed E-state index contributed by atoms with van der Waals surface area (Å²) in [7, 11) is 1.42. The maximum absolute atomic E-state index is 14.1. The zero-order valence-electron chi connectivity index (χ0n) is 16.4. The van der Waals surface area contributed by atoms with Crippen LogP contribution in [0.3, 0.4) is 0 Å². The minimum Gasteiger partial charge on any atom is -0.493 e. The van der Waals surface area contributed by atoms with Gasteiger partial charge in [-0.2, -0.15) is 0 Å². The van der Waals surface area contributed by atoms with Gasteiger partial charge in [-0.1, -0.05) is 37.3 Å². The van der Waals surface area contributed by atoms with Gasteiger partial charge < -0.3 is 15.4 Å². The zero-order valence-corrected chi connectivity index (χ0v) is 16.4. The number of benzene rings is 2. The second kappa shape index (κ2) is 8.18. The summed E-state index contributed by atoms with van der Waals surface area (Å²) >= 11 is 0. The predicted molar refractivity (Wildman–Crippen MR) is 106 cm³/mol. The van der Waals surface area contributed by atoms with Crippen molar-refractivity contribution in [2.45, 2.75) is 50.9 Å². The number of hydrogen-bond acceptors (Lipinski definition) is 3. The Hall–Kier alpha value is -1.98. The van der Waals surface area contributed by atoms with Crippen molar-refractivity contribution in [3.05, 3.63) is 65.2 Å². The lowest BCUT2D eigenvalue weighted by atomic mass is 9.69. The Labute approximate surface area is 165 Å². The van der Waals surface area contributed by atoms with Crippen LogP contribution in [0, 0.1) is 23.5 Å². The van der Waals surface area contributed by atoms with Crippen LogP contribution in [0.25, 0.3) is 0 Å². The fourth-order valence-electron chi connectivity index (χ4n) is 4.97. The van der Waals surface area contributed by atoms with Gasteiger partial charge in [-0.3, -0.25) is 0 Å². The summed E-state index contributed by atoms with van der Waals surface area (Å²) in [4.78, 5) is 0. The van der Waals surface area contributed by atoms with Crippen LogP contribution in [0.1, 0.15) is 43.4 Å². The smallest absolute Gasteiger partial charge is 0.168 e. The number of halogens is 2. The van der Waals surface area contributed by atoms with Crippen molar-refractivity contribution >= 4 is 0 Å². The molecule has 28 heavy (non-hydrogen) atoms. The number of hydrogen-bond donors (Lipinski definition) is 2. The molecule has 0 spiro atoms. The summed E-state index contributed by atoms with van der Waals surface area (Å²) in [5, 5.41) is 7.46. The molecule has 3 nitrogen and oxygen atoms in total. The molecule has 2 fully saturated rings. The van der Waals surface area contributed by atoms with Gasteiger partial charge in [0.1, 0.15) is 5.82 Å². The maximum Gasteiger partial charge on any atom is 0.168 e. The highest BCUT2D eigenvalue weighted by Gasteiger charge is 2.42. The number of methoxy groups -OCH3 is 1. The van der Waals surface area contributed by atoms with Gasteiger partial charge in [0.15, 0.2) is 11.6 Å². The summed E-state index contributed by atoms with van der Waals surface area (Å²) in [6.45, 7) is 2.69. The van der Waals surface area contributed by atoms with Gasteiger partial charge in [-0.05, 0) is 42.7 Å². The number of ether oxygens (including phenoxy) is 1. The summed E-state index contributed by atoms with van der Waals surface area (Å²) in [6.07, 6.45) is 3.52. The van der Waals surface area contributed by atoms with Gasteiger partial charge in [0.25, 0.3) is 0 Å². The number of nitrogens with one attached hydrogen (secondary N) is 2. The average Bonchev–Trinajstić information content (AvgIpc) is 2.70. The van der Waals surface area contributed by atoms with Crippen molar-refractivity contribution in [2.75, 3.05) is 7.11 Å². The van der Waals surface area contributed by atoms with E-state index in [1.807, 2.05) is 6.07 Å². The van der Waals surface area contributed by atoms with Crippen LogP contribution in [0.5, 0.6) is 5.75 Å². The van der Waals surface area contributed by atoms with E-state index in [1.165, 1.54) is 31.6 Å². The zero-order chi connectivity index (χ0) is 19.7. The van der Waals surface area contributed by atoms with E-state index in [0.29, 0.717) is 30.0 Å². The van der Waals surface area contributed by atoms with Crippen LogP contribution in [-0.2, 0) is 6.54 Å². The Morgan fingerprint density at radius 2 is 1.93 bits per heavy atom. The largest absolute Gasteiger partial charge is 0.493 e. The Bertz CT molecular complexity index is 814. The molecule has 0 aromatic heterocycles.